The van der Waals surface area contributed by atoms with Crippen molar-refractivity contribution in [3.05, 3.63) is 86.8 Å². The first kappa shape index (κ1) is 27.1. The topological polar surface area (TPSA) is 135 Å². The molecule has 1 saturated heterocycles. The van der Waals surface area contributed by atoms with Gasteiger partial charge in [-0.2, -0.15) is 0 Å². The highest BCUT2D eigenvalue weighted by molar-refractivity contribution is 6.32. The van der Waals surface area contributed by atoms with Gasteiger partial charge in [-0.15, -0.1) is 13.2 Å². The standard InChI is InChI=1S/C27H16ClF3N4O7/c1-26(23(37)32-24(38)41-26)17-8-13(3-6-18(17)28)11-34-20-10-15(40-27(29,30)31)4-7-19(20)35(25(34)39)22-16-5-2-14(12-36)9-21(16)42-33-22/h2-10,12H,11H2,1H3,(H,32,37,38)/t26-/m0/s1. The van der Waals surface area contributed by atoms with Gasteiger partial charge in [0.15, 0.2) is 11.4 Å². The molecule has 1 aliphatic heterocycles. The van der Waals surface area contributed by atoms with E-state index in [0.29, 0.717) is 22.8 Å². The van der Waals surface area contributed by atoms with Crippen LogP contribution in [0.5, 0.6) is 5.75 Å². The fourth-order valence-corrected chi connectivity index (χ4v) is 5.13. The third-order valence-electron chi connectivity index (χ3n) is 6.79. The molecule has 0 aliphatic carbocycles. The van der Waals surface area contributed by atoms with Gasteiger partial charge in [-0.1, -0.05) is 28.9 Å². The summed E-state index contributed by atoms with van der Waals surface area (Å²) in [5.74, 6) is -1.27. The van der Waals surface area contributed by atoms with Crippen LogP contribution in [0.2, 0.25) is 5.02 Å². The molecule has 0 spiro atoms. The molecule has 2 aromatic heterocycles. The SMILES string of the molecule is C[C@@]1(c2cc(Cn3c(=O)n(-c4noc5cc(C=O)ccc45)c4ccc(OC(F)(F)F)cc43)ccc2Cl)OC(=O)NC1=O. The number of aromatic nitrogens is 3. The number of cyclic esters (lactones) is 1. The number of nitrogens with one attached hydrogen (secondary N) is 1. The zero-order valence-electron chi connectivity index (χ0n) is 21.2. The first-order chi connectivity index (χ1) is 19.9. The van der Waals surface area contributed by atoms with Crippen molar-refractivity contribution in [2.24, 2.45) is 0 Å². The van der Waals surface area contributed by atoms with Gasteiger partial charge < -0.3 is 14.0 Å². The van der Waals surface area contributed by atoms with Crippen LogP contribution in [0.1, 0.15) is 28.4 Å². The number of aldehydes is 1. The van der Waals surface area contributed by atoms with E-state index in [1.54, 1.807) is 6.07 Å². The van der Waals surface area contributed by atoms with Crippen molar-refractivity contribution in [3.63, 3.8) is 0 Å². The summed E-state index contributed by atoms with van der Waals surface area (Å²) in [5.41, 5.74) is -1.17. The maximum absolute atomic E-state index is 13.9. The van der Waals surface area contributed by atoms with Crippen molar-refractivity contribution in [3.8, 4) is 11.6 Å². The summed E-state index contributed by atoms with van der Waals surface area (Å²) in [5, 5.41) is 6.51. The number of hydrogen-bond donors (Lipinski definition) is 1. The van der Waals surface area contributed by atoms with E-state index < -0.39 is 35.4 Å². The van der Waals surface area contributed by atoms with Gasteiger partial charge in [0, 0.05) is 22.2 Å². The van der Waals surface area contributed by atoms with Crippen molar-refractivity contribution in [1.29, 1.82) is 0 Å². The van der Waals surface area contributed by atoms with Gasteiger partial charge in [-0.25, -0.2) is 14.2 Å². The van der Waals surface area contributed by atoms with E-state index in [1.165, 1.54) is 47.9 Å². The van der Waals surface area contributed by atoms with Gasteiger partial charge >= 0.3 is 18.1 Å². The molecule has 5 aromatic rings. The number of imide groups is 1. The van der Waals surface area contributed by atoms with Gasteiger partial charge in [0.05, 0.1) is 23.0 Å². The summed E-state index contributed by atoms with van der Waals surface area (Å²) in [6, 6.07) is 12.3. The average molecular weight is 601 g/mol. The Morgan fingerprint density at radius 1 is 1.07 bits per heavy atom. The van der Waals surface area contributed by atoms with Crippen LogP contribution in [0.25, 0.3) is 27.8 Å². The minimum absolute atomic E-state index is 0.0412. The fraction of sp³-hybridized carbons (Fsp3) is 0.148. The van der Waals surface area contributed by atoms with Crippen molar-refractivity contribution in [2.45, 2.75) is 25.4 Å². The van der Waals surface area contributed by atoms with Crippen LogP contribution >= 0.6 is 11.6 Å². The Morgan fingerprint density at radius 2 is 1.86 bits per heavy atom. The maximum Gasteiger partial charge on any atom is 0.573 e. The summed E-state index contributed by atoms with van der Waals surface area (Å²) in [7, 11) is 0. The molecule has 214 valence electrons. The smallest absolute Gasteiger partial charge is 0.428 e. The second-order valence-corrected chi connectivity index (χ2v) is 9.88. The Kier molecular flexibility index (Phi) is 6.11. The van der Waals surface area contributed by atoms with Crippen LogP contribution in [-0.2, 0) is 21.7 Å². The van der Waals surface area contributed by atoms with Crippen LogP contribution in [0.4, 0.5) is 18.0 Å². The molecule has 3 heterocycles. The molecule has 1 fully saturated rings. The van der Waals surface area contributed by atoms with E-state index in [2.05, 4.69) is 9.89 Å². The van der Waals surface area contributed by atoms with Crippen LogP contribution in [0.3, 0.4) is 0 Å². The lowest BCUT2D eigenvalue weighted by molar-refractivity contribution is -0.274. The third kappa shape index (κ3) is 4.45. The Hall–Kier alpha value is -5.11. The summed E-state index contributed by atoms with van der Waals surface area (Å²) >= 11 is 6.33. The zero-order chi connectivity index (χ0) is 30.0. The highest BCUT2D eigenvalue weighted by Crippen LogP contribution is 2.36. The summed E-state index contributed by atoms with van der Waals surface area (Å²) in [4.78, 5) is 49.3. The number of ether oxygens (including phenoxy) is 2. The molecule has 42 heavy (non-hydrogen) atoms. The predicted molar refractivity (Wildman–Crippen MR) is 140 cm³/mol. The third-order valence-corrected chi connectivity index (χ3v) is 7.12. The molecule has 0 unspecified atom stereocenters. The van der Waals surface area contributed by atoms with Gasteiger partial charge in [-0.05, 0) is 48.9 Å². The number of hydrogen-bond acceptors (Lipinski definition) is 8. The van der Waals surface area contributed by atoms with Gasteiger partial charge in [0.25, 0.3) is 5.91 Å². The number of benzene rings is 3. The summed E-state index contributed by atoms with van der Waals surface area (Å²) in [6.07, 6.45) is -5.33. The van der Waals surface area contributed by atoms with E-state index in [9.17, 15) is 32.3 Å². The van der Waals surface area contributed by atoms with Gasteiger partial charge in [0.2, 0.25) is 5.60 Å². The number of carbonyl (C=O) groups excluding carboxylic acids is 3. The largest absolute Gasteiger partial charge is 0.573 e. The predicted octanol–water partition coefficient (Wildman–Crippen LogP) is 4.83. The van der Waals surface area contributed by atoms with E-state index >= 15 is 0 Å². The molecule has 15 heteroatoms. The Bertz CT molecular complexity index is 2010. The van der Waals surface area contributed by atoms with E-state index in [-0.39, 0.29) is 39.6 Å². The minimum Gasteiger partial charge on any atom is -0.428 e. The number of alkyl carbamates (subject to hydrolysis) is 1. The summed E-state index contributed by atoms with van der Waals surface area (Å²) < 4.78 is 56.0. The first-order valence-corrected chi connectivity index (χ1v) is 12.4. The first-order valence-electron chi connectivity index (χ1n) is 12.1. The highest BCUT2D eigenvalue weighted by Gasteiger charge is 2.47. The summed E-state index contributed by atoms with van der Waals surface area (Å²) in [6.45, 7) is 1.14. The van der Waals surface area contributed by atoms with Crippen LogP contribution in [0.15, 0.2) is 63.9 Å². The normalized spacial score (nSPS) is 17.1. The molecule has 1 aliphatic rings. The van der Waals surface area contributed by atoms with E-state index in [4.69, 9.17) is 20.9 Å². The second-order valence-electron chi connectivity index (χ2n) is 9.47. The zero-order valence-corrected chi connectivity index (χ0v) is 21.9. The Labute approximate surface area is 236 Å². The van der Waals surface area contributed by atoms with E-state index in [0.717, 1.165) is 16.7 Å². The number of nitrogens with zero attached hydrogens (tertiary/aromatic N) is 3. The number of alkyl halides is 3. The molecule has 0 radical (unpaired) electrons. The molecule has 1 N–H and O–H groups in total. The molecule has 11 nitrogen and oxygen atoms in total. The molecule has 6 rings (SSSR count). The second kappa shape index (κ2) is 9.48. The lowest BCUT2D eigenvalue weighted by Gasteiger charge is -2.21. The molecule has 2 amide bonds. The molecular weight excluding hydrogens is 585 g/mol. The molecule has 1 atom stereocenters. The lowest BCUT2D eigenvalue weighted by Crippen LogP contribution is -2.33. The molecule has 0 bridgehead atoms. The number of imidazole rings is 1. The number of halogens is 4. The van der Waals surface area contributed by atoms with Crippen molar-refractivity contribution in [1.82, 2.24) is 19.6 Å². The number of carbonyl (C=O) groups is 3. The molecule has 0 saturated carbocycles. The van der Waals surface area contributed by atoms with Crippen LogP contribution in [-0.4, -0.2) is 38.9 Å². The van der Waals surface area contributed by atoms with Crippen LogP contribution in [0, 0.1) is 0 Å². The number of rotatable bonds is 6. The quantitative estimate of drug-likeness (QED) is 0.274. The average Bonchev–Trinajstić information content (AvgIpc) is 3.54. The lowest BCUT2D eigenvalue weighted by atomic mass is 9.93. The van der Waals surface area contributed by atoms with Crippen molar-refractivity contribution < 1.29 is 41.6 Å². The minimum atomic E-state index is -4.99. The number of amides is 2. The highest BCUT2D eigenvalue weighted by atomic mass is 35.5. The molecular formula is C27H16ClF3N4O7. The Balaban J connectivity index is 1.53. The monoisotopic (exact) mass is 600 g/mol. The van der Waals surface area contributed by atoms with Gasteiger partial charge in [0.1, 0.15) is 12.0 Å². The van der Waals surface area contributed by atoms with Crippen molar-refractivity contribution >= 4 is 51.9 Å². The van der Waals surface area contributed by atoms with Crippen molar-refractivity contribution in [2.75, 3.05) is 0 Å². The van der Waals surface area contributed by atoms with Gasteiger partial charge in [-0.3, -0.25) is 19.5 Å². The maximum atomic E-state index is 13.9. The van der Waals surface area contributed by atoms with E-state index in [1.807, 2.05) is 5.32 Å². The fourth-order valence-electron chi connectivity index (χ4n) is 4.83. The van der Waals surface area contributed by atoms with Crippen LogP contribution < -0.4 is 15.7 Å². The number of fused-ring (bicyclic) bond motifs is 2. The Morgan fingerprint density at radius 3 is 2.55 bits per heavy atom. The molecule has 3 aromatic carbocycles.